The summed E-state index contributed by atoms with van der Waals surface area (Å²) in [6.45, 7) is 15.4. The topological polar surface area (TPSA) is 26.3 Å². The van der Waals surface area contributed by atoms with Crippen LogP contribution >= 0.6 is 10.3 Å². The highest BCUT2D eigenvalue weighted by Gasteiger charge is 2.99. The lowest BCUT2D eigenvalue weighted by molar-refractivity contribution is -0.477. The fourth-order valence-corrected chi connectivity index (χ4v) is 14.5. The summed E-state index contributed by atoms with van der Waals surface area (Å²) in [6, 6.07) is 9.72. The van der Waals surface area contributed by atoms with Gasteiger partial charge in [-0.3, -0.25) is 0 Å². The summed E-state index contributed by atoms with van der Waals surface area (Å²) >= 11 is 0. The van der Waals surface area contributed by atoms with Crippen molar-refractivity contribution in [3.63, 3.8) is 0 Å². The van der Waals surface area contributed by atoms with Gasteiger partial charge in [0.1, 0.15) is 0 Å². The maximum atomic E-state index is 17.2. The Morgan fingerprint density at radius 3 is 0.663 bits per heavy atom. The third kappa shape index (κ3) is 12.4. The molecule has 3 aromatic rings. The van der Waals surface area contributed by atoms with Crippen LogP contribution in [0.25, 0.3) is 0 Å². The zero-order valence-corrected chi connectivity index (χ0v) is 47.9. The fraction of sp³-hybridized carbons (Fsp3) is 0.667. The molecule has 0 fully saturated rings. The molecule has 26 heteroatoms. The average molecular weight is 1260 g/mol. The highest BCUT2D eigenvalue weighted by molar-refractivity contribution is 8.30. The van der Waals surface area contributed by atoms with E-state index in [-0.39, 0.29) is 125 Å². The SMILES string of the molecule is CCCc1cc(CCC)c(S(OC(=O)C(F)(F)C(F)(F)C(F)(F)C(F)(F)C(F)(F)C(F)(F)C(F)(F)C(F)(F)C(F)(F)C(F)(F)C(F)(F)F)(c2c(CCC)cc(CCC)cc2CCC)c2c(CCC)cc(CCC)cc2CCC)c(CCC)c1. The molecule has 0 N–H and O–H groups in total. The lowest BCUT2D eigenvalue weighted by Gasteiger charge is -2.48. The van der Waals surface area contributed by atoms with Crippen molar-refractivity contribution < 1.29 is 110 Å². The second-order valence-electron chi connectivity index (χ2n) is 20.6. The molecular weight excluding hydrogens is 1190 g/mol. The first-order valence-electron chi connectivity index (χ1n) is 27.3. The van der Waals surface area contributed by atoms with Crippen LogP contribution in [-0.4, -0.2) is 71.4 Å². The minimum Gasteiger partial charge on any atom is -0.397 e. The van der Waals surface area contributed by atoms with Crippen LogP contribution in [0.3, 0.4) is 0 Å². The standard InChI is InChI=1S/C57H69F23O2S/c1-10-19-34-28-37(22-13-4)43(38(29-34)23-14-5)83(44-39(24-15-6)30-35(20-11-2)31-40(44)25-16-7,45-41(26-17-8)32-36(21-12-3)33-42(45)27-18-9)82-46(81)47(58,59)48(60,61)49(62,63)50(64,65)51(66,67)52(68,69)53(70,71)54(72,73)55(74,75)56(76,77)57(78,79)80/h28-33H,10-27H2,1-9H3. The molecule has 0 radical (unpaired) electrons. The van der Waals surface area contributed by atoms with Crippen LogP contribution in [0.2, 0.25) is 0 Å². The van der Waals surface area contributed by atoms with Crippen molar-refractivity contribution in [2.45, 2.75) is 258 Å². The first-order valence-corrected chi connectivity index (χ1v) is 28.9. The first-order chi connectivity index (χ1) is 37.9. The Hall–Kier alpha value is -4.13. The van der Waals surface area contributed by atoms with Gasteiger partial charge in [-0.25, -0.2) is 4.79 Å². The predicted octanol–water partition coefficient (Wildman–Crippen LogP) is 20.9. The lowest BCUT2D eigenvalue weighted by atomic mass is 9.85. The van der Waals surface area contributed by atoms with Crippen LogP contribution in [0.5, 0.6) is 0 Å². The van der Waals surface area contributed by atoms with E-state index in [0.717, 1.165) is 0 Å². The summed E-state index contributed by atoms with van der Waals surface area (Å²) in [7, 11) is -4.75. The van der Waals surface area contributed by atoms with E-state index in [4.69, 9.17) is 4.18 Å². The van der Waals surface area contributed by atoms with Gasteiger partial charge in [-0.1, -0.05) is 156 Å². The molecule has 0 saturated heterocycles. The van der Waals surface area contributed by atoms with E-state index in [1.54, 1.807) is 98.7 Å². The monoisotopic (exact) mass is 1250 g/mol. The minimum absolute atomic E-state index is 0.0280. The zero-order chi connectivity index (χ0) is 64.2. The van der Waals surface area contributed by atoms with E-state index in [9.17, 15) is 53.1 Å². The van der Waals surface area contributed by atoms with E-state index in [0.29, 0.717) is 55.2 Å². The van der Waals surface area contributed by atoms with Crippen LogP contribution in [0.4, 0.5) is 101 Å². The third-order valence-corrected chi connectivity index (χ3v) is 17.6. The highest BCUT2D eigenvalue weighted by atomic mass is 32.3. The number of rotatable bonds is 32. The van der Waals surface area contributed by atoms with Crippen LogP contribution in [0, 0.1) is 0 Å². The van der Waals surface area contributed by atoms with Crippen molar-refractivity contribution in [1.29, 1.82) is 0 Å². The maximum absolute atomic E-state index is 17.2. The number of hydrogen-bond acceptors (Lipinski definition) is 2. The van der Waals surface area contributed by atoms with E-state index < -0.39 is 81.7 Å². The Morgan fingerprint density at radius 2 is 0.482 bits per heavy atom. The minimum atomic E-state index is -9.59. The quantitative estimate of drug-likeness (QED) is 0.0583. The van der Waals surface area contributed by atoms with E-state index in [2.05, 4.69) is 0 Å². The first kappa shape index (κ1) is 73.1. The summed E-state index contributed by atoms with van der Waals surface area (Å²) in [4.78, 5) is 14.6. The Balaban J connectivity index is 2.84. The molecule has 0 spiro atoms. The molecule has 0 heterocycles. The van der Waals surface area contributed by atoms with Gasteiger partial charge >= 0.3 is 71.4 Å². The van der Waals surface area contributed by atoms with Crippen LogP contribution in [0.15, 0.2) is 51.1 Å². The molecule has 0 amide bonds. The summed E-state index contributed by atoms with van der Waals surface area (Å²) in [6.07, 6.45) is -4.58. The number of benzene rings is 3. The largest absolute Gasteiger partial charge is 0.460 e. The van der Waals surface area contributed by atoms with Crippen molar-refractivity contribution in [2.75, 3.05) is 0 Å². The Labute approximate surface area is 469 Å². The van der Waals surface area contributed by atoms with Gasteiger partial charge in [0.25, 0.3) is 0 Å². The molecule has 0 saturated carbocycles. The molecule has 2 nitrogen and oxygen atoms in total. The molecule has 0 aliphatic carbocycles. The molecule has 476 valence electrons. The summed E-state index contributed by atoms with van der Waals surface area (Å²) in [5.41, 5.74) is 3.17. The van der Waals surface area contributed by atoms with Gasteiger partial charge in [0.05, 0.1) is 0 Å². The second kappa shape index (κ2) is 26.5. The average Bonchev–Trinajstić information content (AvgIpc) is 0.992. The number of hydrogen-bond donors (Lipinski definition) is 0. The third-order valence-electron chi connectivity index (χ3n) is 13.9. The number of halogens is 23. The summed E-state index contributed by atoms with van der Waals surface area (Å²) < 4.78 is 349. The van der Waals surface area contributed by atoms with Crippen molar-refractivity contribution in [2.24, 2.45) is 0 Å². The number of carbonyl (C=O) groups is 1. The van der Waals surface area contributed by atoms with Crippen LogP contribution in [0.1, 0.15) is 170 Å². The molecule has 83 heavy (non-hydrogen) atoms. The number of carbonyl (C=O) groups excluding carboxylic acids is 1. The molecule has 3 aromatic carbocycles. The zero-order valence-electron chi connectivity index (χ0n) is 47.1. The molecular formula is C57H69F23O2S. The Kier molecular flexibility index (Phi) is 23.3. The fourth-order valence-electron chi connectivity index (χ4n) is 10.1. The van der Waals surface area contributed by atoms with Gasteiger partial charge < -0.3 is 4.18 Å². The van der Waals surface area contributed by atoms with E-state index in [1.165, 1.54) is 0 Å². The highest BCUT2D eigenvalue weighted by Crippen LogP contribution is 2.76. The molecule has 3 rings (SSSR count). The van der Waals surface area contributed by atoms with Crippen molar-refractivity contribution >= 4 is 16.3 Å². The molecule has 0 aliphatic rings. The second-order valence-corrected chi connectivity index (χ2v) is 23.2. The van der Waals surface area contributed by atoms with Gasteiger partial charge in [-0.05, 0) is 118 Å². The number of aryl methyl sites for hydroxylation is 9. The Bertz CT molecular complexity index is 2430. The molecule has 0 bridgehead atoms. The maximum Gasteiger partial charge on any atom is 0.460 e. The van der Waals surface area contributed by atoms with Gasteiger partial charge in [0.15, 0.2) is 0 Å². The molecule has 0 atom stereocenters. The van der Waals surface area contributed by atoms with Gasteiger partial charge in [-0.2, -0.15) is 101 Å². The van der Waals surface area contributed by atoms with Gasteiger partial charge in [-0.15, -0.1) is 0 Å². The predicted molar refractivity (Wildman–Crippen MR) is 269 cm³/mol. The molecule has 0 aromatic heterocycles. The van der Waals surface area contributed by atoms with Gasteiger partial charge in [0, 0.05) is 14.7 Å². The van der Waals surface area contributed by atoms with Crippen LogP contribution < -0.4 is 0 Å². The van der Waals surface area contributed by atoms with E-state index in [1.807, 2.05) is 0 Å². The van der Waals surface area contributed by atoms with E-state index >= 15 is 52.7 Å². The molecule has 0 aliphatic heterocycles. The summed E-state index contributed by atoms with van der Waals surface area (Å²) in [5, 5.41) is 0. The lowest BCUT2D eigenvalue weighted by Crippen LogP contribution is -2.78. The smallest absolute Gasteiger partial charge is 0.397 e. The van der Waals surface area contributed by atoms with Crippen molar-refractivity contribution in [3.05, 3.63) is 86.5 Å². The summed E-state index contributed by atoms with van der Waals surface area (Å²) in [5.74, 6) is -94.7. The molecule has 0 unspecified atom stereocenters. The van der Waals surface area contributed by atoms with Gasteiger partial charge in [0.2, 0.25) is 0 Å². The van der Waals surface area contributed by atoms with Crippen molar-refractivity contribution in [3.8, 4) is 0 Å². The van der Waals surface area contributed by atoms with Crippen molar-refractivity contribution in [1.82, 2.24) is 0 Å². The Morgan fingerprint density at radius 1 is 0.301 bits per heavy atom. The number of alkyl halides is 23. The van der Waals surface area contributed by atoms with Crippen LogP contribution in [-0.2, 0) is 66.8 Å². The normalized spacial score (nSPS) is 14.4.